The van der Waals surface area contributed by atoms with Crippen molar-refractivity contribution in [3.8, 4) is 0 Å². The molecule has 0 fully saturated rings. The van der Waals surface area contributed by atoms with Gasteiger partial charge in [-0.3, -0.25) is 9.78 Å². The first-order chi connectivity index (χ1) is 11.8. The number of aromatic nitrogens is 1. The quantitative estimate of drug-likeness (QED) is 0.753. The zero-order chi connectivity index (χ0) is 16.6. The van der Waals surface area contributed by atoms with E-state index in [2.05, 4.69) is 22.4 Å². The van der Waals surface area contributed by atoms with Crippen LogP contribution in [0.2, 0.25) is 0 Å². The minimum atomic E-state index is -0.203. The van der Waals surface area contributed by atoms with Crippen molar-refractivity contribution < 1.29 is 4.79 Å². The summed E-state index contributed by atoms with van der Waals surface area (Å²) in [4.78, 5) is 16.9. The Hall–Kier alpha value is -2.94. The molecule has 1 N–H and O–H groups in total. The third-order valence-electron chi connectivity index (χ3n) is 3.99. The second-order valence-corrected chi connectivity index (χ2v) is 5.73. The number of benzene rings is 2. The number of nitrogens with one attached hydrogen (secondary N) is 1. The summed E-state index contributed by atoms with van der Waals surface area (Å²) in [5, 5.41) is 3.04. The summed E-state index contributed by atoms with van der Waals surface area (Å²) in [5.74, 6) is -0.167. The molecule has 0 unspecified atom stereocenters. The second-order valence-electron chi connectivity index (χ2n) is 5.73. The maximum Gasteiger partial charge on any atom is 0.228 e. The third-order valence-corrected chi connectivity index (χ3v) is 3.99. The third kappa shape index (κ3) is 4.29. The van der Waals surface area contributed by atoms with Crippen LogP contribution in [0.3, 0.4) is 0 Å². The highest BCUT2D eigenvalue weighted by Gasteiger charge is 2.20. The summed E-state index contributed by atoms with van der Waals surface area (Å²) in [6.45, 7) is 0.491. The number of hydrogen-bond donors (Lipinski definition) is 1. The van der Waals surface area contributed by atoms with Crippen molar-refractivity contribution in [2.75, 3.05) is 0 Å². The summed E-state index contributed by atoms with van der Waals surface area (Å²) in [5.41, 5.74) is 3.19. The van der Waals surface area contributed by atoms with Gasteiger partial charge in [-0.05, 0) is 29.2 Å². The van der Waals surface area contributed by atoms with Crippen molar-refractivity contribution in [1.29, 1.82) is 0 Å². The minimum absolute atomic E-state index is 0.0360. The molecule has 0 aliphatic carbocycles. The first-order valence-corrected chi connectivity index (χ1v) is 8.08. The number of hydrogen-bond acceptors (Lipinski definition) is 2. The second kappa shape index (κ2) is 8.06. The van der Waals surface area contributed by atoms with Crippen LogP contribution in [0.15, 0.2) is 85.2 Å². The summed E-state index contributed by atoms with van der Waals surface area (Å²) in [6.07, 6.45) is 4.19. The van der Waals surface area contributed by atoms with E-state index in [4.69, 9.17) is 0 Å². The summed E-state index contributed by atoms with van der Waals surface area (Å²) < 4.78 is 0. The van der Waals surface area contributed by atoms with Gasteiger partial charge in [-0.15, -0.1) is 0 Å². The van der Waals surface area contributed by atoms with E-state index in [1.54, 1.807) is 12.4 Å². The Labute approximate surface area is 142 Å². The molecule has 0 bridgehead atoms. The lowest BCUT2D eigenvalue weighted by atomic mass is 9.91. The highest BCUT2D eigenvalue weighted by Crippen LogP contribution is 2.21. The van der Waals surface area contributed by atoms with Crippen molar-refractivity contribution in [2.24, 2.45) is 0 Å². The average Bonchev–Trinajstić information content (AvgIpc) is 2.66. The molecular formula is C21H20N2O. The van der Waals surface area contributed by atoms with Gasteiger partial charge in [-0.25, -0.2) is 0 Å². The summed E-state index contributed by atoms with van der Waals surface area (Å²) >= 11 is 0. The van der Waals surface area contributed by atoms with Gasteiger partial charge in [0.1, 0.15) is 0 Å². The summed E-state index contributed by atoms with van der Waals surface area (Å²) in [7, 11) is 0. The number of amides is 1. The van der Waals surface area contributed by atoms with Crippen molar-refractivity contribution >= 4 is 5.91 Å². The van der Waals surface area contributed by atoms with Crippen LogP contribution in [-0.4, -0.2) is 10.9 Å². The van der Waals surface area contributed by atoms with Gasteiger partial charge >= 0.3 is 0 Å². The number of carbonyl (C=O) groups excluding carboxylic acids is 1. The van der Waals surface area contributed by atoms with Crippen molar-refractivity contribution in [2.45, 2.75) is 18.9 Å². The molecule has 0 saturated heterocycles. The van der Waals surface area contributed by atoms with E-state index < -0.39 is 0 Å². The lowest BCUT2D eigenvalue weighted by molar-refractivity contribution is -0.122. The smallest absolute Gasteiger partial charge is 0.228 e. The van der Waals surface area contributed by atoms with E-state index in [0.29, 0.717) is 13.0 Å². The molecule has 0 aliphatic rings. The SMILES string of the molecule is O=C(NCc1cccnc1)[C@H](Cc1ccccc1)c1ccccc1. The molecule has 120 valence electrons. The van der Waals surface area contributed by atoms with E-state index in [-0.39, 0.29) is 11.8 Å². The van der Waals surface area contributed by atoms with Gasteiger partial charge in [-0.1, -0.05) is 66.7 Å². The van der Waals surface area contributed by atoms with Crippen LogP contribution in [0.5, 0.6) is 0 Å². The predicted molar refractivity (Wildman–Crippen MR) is 95.4 cm³/mol. The molecule has 3 aromatic rings. The molecule has 3 nitrogen and oxygen atoms in total. The molecule has 24 heavy (non-hydrogen) atoms. The fraction of sp³-hybridized carbons (Fsp3) is 0.143. The van der Waals surface area contributed by atoms with Gasteiger partial charge in [0.05, 0.1) is 5.92 Å². The maximum atomic E-state index is 12.8. The van der Waals surface area contributed by atoms with Crippen LogP contribution < -0.4 is 5.32 Å². The first kappa shape index (κ1) is 15.9. The largest absolute Gasteiger partial charge is 0.351 e. The lowest BCUT2D eigenvalue weighted by Crippen LogP contribution is -2.30. The van der Waals surface area contributed by atoms with E-state index in [1.165, 1.54) is 0 Å². The molecule has 3 heteroatoms. The molecule has 1 aromatic heterocycles. The van der Waals surface area contributed by atoms with Crippen molar-refractivity contribution in [1.82, 2.24) is 10.3 Å². The Morgan fingerprint density at radius 3 is 2.21 bits per heavy atom. The fourth-order valence-corrected chi connectivity index (χ4v) is 2.71. The molecule has 2 aromatic carbocycles. The van der Waals surface area contributed by atoms with Crippen LogP contribution >= 0.6 is 0 Å². The zero-order valence-electron chi connectivity index (χ0n) is 13.4. The summed E-state index contributed by atoms with van der Waals surface area (Å²) in [6, 6.07) is 23.9. The van der Waals surface area contributed by atoms with Gasteiger partial charge in [-0.2, -0.15) is 0 Å². The molecule has 0 radical (unpaired) electrons. The molecule has 3 rings (SSSR count). The first-order valence-electron chi connectivity index (χ1n) is 8.08. The van der Waals surface area contributed by atoms with Gasteiger partial charge in [0, 0.05) is 18.9 Å². The lowest BCUT2D eigenvalue weighted by Gasteiger charge is -2.17. The maximum absolute atomic E-state index is 12.8. The average molecular weight is 316 g/mol. The van der Waals surface area contributed by atoms with Crippen LogP contribution in [0, 0.1) is 0 Å². The van der Waals surface area contributed by atoms with Crippen LogP contribution in [0.25, 0.3) is 0 Å². The highest BCUT2D eigenvalue weighted by molar-refractivity contribution is 5.84. The van der Waals surface area contributed by atoms with Crippen LogP contribution in [0.4, 0.5) is 0 Å². The Balaban J connectivity index is 1.75. The van der Waals surface area contributed by atoms with Crippen LogP contribution in [-0.2, 0) is 17.8 Å². The van der Waals surface area contributed by atoms with Crippen molar-refractivity contribution in [3.05, 3.63) is 102 Å². The Morgan fingerprint density at radius 2 is 1.54 bits per heavy atom. The molecule has 1 amide bonds. The number of rotatable bonds is 6. The molecule has 1 heterocycles. The standard InChI is InChI=1S/C21H20N2O/c24-21(23-16-18-10-7-13-22-15-18)20(19-11-5-2-6-12-19)14-17-8-3-1-4-9-17/h1-13,15,20H,14,16H2,(H,23,24)/t20-/m1/s1. The van der Waals surface area contributed by atoms with Gasteiger partial charge in [0.15, 0.2) is 0 Å². The van der Waals surface area contributed by atoms with E-state index in [9.17, 15) is 4.79 Å². The normalized spacial score (nSPS) is 11.7. The van der Waals surface area contributed by atoms with Crippen LogP contribution in [0.1, 0.15) is 22.6 Å². The Kier molecular flexibility index (Phi) is 5.36. The Morgan fingerprint density at radius 1 is 0.875 bits per heavy atom. The van der Waals surface area contributed by atoms with E-state index in [1.807, 2.05) is 60.7 Å². The monoisotopic (exact) mass is 316 g/mol. The van der Waals surface area contributed by atoms with Gasteiger partial charge < -0.3 is 5.32 Å². The highest BCUT2D eigenvalue weighted by atomic mass is 16.1. The van der Waals surface area contributed by atoms with E-state index >= 15 is 0 Å². The molecule has 0 saturated carbocycles. The predicted octanol–water partition coefficient (Wildman–Crippen LogP) is 3.72. The van der Waals surface area contributed by atoms with Gasteiger partial charge in [0.25, 0.3) is 0 Å². The van der Waals surface area contributed by atoms with Crippen molar-refractivity contribution in [3.63, 3.8) is 0 Å². The molecule has 0 spiro atoms. The molecular weight excluding hydrogens is 296 g/mol. The topological polar surface area (TPSA) is 42.0 Å². The Bertz CT molecular complexity index is 758. The number of carbonyl (C=O) groups is 1. The number of nitrogens with zero attached hydrogens (tertiary/aromatic N) is 1. The van der Waals surface area contributed by atoms with E-state index in [0.717, 1.165) is 16.7 Å². The number of pyridine rings is 1. The molecule has 1 atom stereocenters. The molecule has 0 aliphatic heterocycles. The minimum Gasteiger partial charge on any atom is -0.351 e. The zero-order valence-corrected chi connectivity index (χ0v) is 13.4. The fourth-order valence-electron chi connectivity index (χ4n) is 2.71. The van der Waals surface area contributed by atoms with Gasteiger partial charge in [0.2, 0.25) is 5.91 Å².